The van der Waals surface area contributed by atoms with Crippen LogP contribution in [0.25, 0.3) is 0 Å². The molecule has 0 aromatic carbocycles. The quantitative estimate of drug-likeness (QED) is 0.612. The van der Waals surface area contributed by atoms with E-state index in [1.165, 1.54) is 0 Å². The second-order valence-corrected chi connectivity index (χ2v) is 8.02. The van der Waals surface area contributed by atoms with Gasteiger partial charge in [0, 0.05) is 18.5 Å². The number of hydrogen-bond donors (Lipinski definition) is 3. The van der Waals surface area contributed by atoms with Crippen LogP contribution in [-0.2, 0) is 14.8 Å². The lowest BCUT2D eigenvalue weighted by Gasteiger charge is -2.40. The van der Waals surface area contributed by atoms with Crippen LogP contribution in [0, 0.1) is 5.41 Å². The van der Waals surface area contributed by atoms with Crippen molar-refractivity contribution in [2.24, 2.45) is 11.1 Å². The molecule has 1 rings (SSSR count). The minimum absolute atomic E-state index is 0.0293. The molecule has 0 saturated heterocycles. The highest BCUT2D eigenvalue weighted by molar-refractivity contribution is 7.88. The summed E-state index contributed by atoms with van der Waals surface area (Å²) in [7, 11) is -3.28. The van der Waals surface area contributed by atoms with Crippen LogP contribution in [0.5, 0.6) is 0 Å². The third-order valence-electron chi connectivity index (χ3n) is 3.57. The number of nitrogens with two attached hydrogens (primary N) is 1. The van der Waals surface area contributed by atoms with E-state index >= 15 is 0 Å². The third-order valence-corrected chi connectivity index (χ3v) is 4.50. The van der Waals surface area contributed by atoms with Crippen molar-refractivity contribution in [3.8, 4) is 0 Å². The summed E-state index contributed by atoms with van der Waals surface area (Å²) in [6, 6.07) is 0. The maximum atomic E-state index is 11.9. The summed E-state index contributed by atoms with van der Waals surface area (Å²) >= 11 is 0. The van der Waals surface area contributed by atoms with Crippen molar-refractivity contribution in [2.75, 3.05) is 19.3 Å². The summed E-state index contributed by atoms with van der Waals surface area (Å²) in [6.45, 7) is 4.26. The monoisotopic (exact) mass is 291 g/mol. The Morgan fingerprint density at radius 2 is 1.95 bits per heavy atom. The molecule has 112 valence electrons. The van der Waals surface area contributed by atoms with Crippen LogP contribution in [0.4, 0.5) is 0 Å². The van der Waals surface area contributed by atoms with Gasteiger partial charge in [0.15, 0.2) is 0 Å². The normalized spacial score (nSPS) is 18.7. The molecule has 0 aliphatic heterocycles. The molecule has 1 fully saturated rings. The SMILES string of the molecule is CC(C)(CNC(=O)CC1(CN)CCC1)NS(C)(=O)=O. The van der Waals surface area contributed by atoms with E-state index in [4.69, 9.17) is 5.73 Å². The fourth-order valence-corrected chi connectivity index (χ4v) is 3.47. The number of carbonyl (C=O) groups excluding carboxylic acids is 1. The Kier molecular flexibility index (Phi) is 4.97. The van der Waals surface area contributed by atoms with Crippen LogP contribution in [0.15, 0.2) is 0 Å². The lowest BCUT2D eigenvalue weighted by molar-refractivity contribution is -0.125. The van der Waals surface area contributed by atoms with Crippen LogP contribution >= 0.6 is 0 Å². The van der Waals surface area contributed by atoms with Gasteiger partial charge in [-0.3, -0.25) is 4.79 Å². The molecule has 1 aliphatic rings. The molecule has 1 aliphatic carbocycles. The predicted molar refractivity (Wildman–Crippen MR) is 75.0 cm³/mol. The standard InChI is InChI=1S/C12H25N3O3S/c1-11(2,15-19(3,17)18)9-14-10(16)7-12(8-13)5-4-6-12/h15H,4-9,13H2,1-3H3,(H,14,16). The highest BCUT2D eigenvalue weighted by Crippen LogP contribution is 2.42. The zero-order chi connectivity index (χ0) is 14.7. The van der Waals surface area contributed by atoms with E-state index in [0.717, 1.165) is 25.5 Å². The predicted octanol–water partition coefficient (Wildman–Crippen LogP) is -0.0505. The Bertz CT molecular complexity index is 422. The fraction of sp³-hybridized carbons (Fsp3) is 0.917. The topological polar surface area (TPSA) is 101 Å². The molecule has 1 amide bonds. The van der Waals surface area contributed by atoms with E-state index in [1.807, 2.05) is 0 Å². The van der Waals surface area contributed by atoms with E-state index in [2.05, 4.69) is 10.0 Å². The average Bonchev–Trinajstić information content (AvgIpc) is 2.17. The maximum absolute atomic E-state index is 11.9. The number of nitrogens with one attached hydrogen (secondary N) is 2. The first-order valence-corrected chi connectivity index (χ1v) is 8.42. The average molecular weight is 291 g/mol. The number of sulfonamides is 1. The fourth-order valence-electron chi connectivity index (χ4n) is 2.39. The highest BCUT2D eigenvalue weighted by Gasteiger charge is 2.37. The number of amides is 1. The van der Waals surface area contributed by atoms with Gasteiger partial charge < -0.3 is 11.1 Å². The molecular weight excluding hydrogens is 266 g/mol. The van der Waals surface area contributed by atoms with Crippen molar-refractivity contribution in [2.45, 2.75) is 45.1 Å². The summed E-state index contributed by atoms with van der Waals surface area (Å²) in [5.74, 6) is -0.0615. The van der Waals surface area contributed by atoms with E-state index in [0.29, 0.717) is 13.0 Å². The molecule has 0 aromatic heterocycles. The largest absolute Gasteiger partial charge is 0.354 e. The minimum atomic E-state index is -3.28. The van der Waals surface area contributed by atoms with E-state index in [1.54, 1.807) is 13.8 Å². The Labute approximate surface area is 115 Å². The molecule has 0 heterocycles. The summed E-state index contributed by atoms with van der Waals surface area (Å²) in [5.41, 5.74) is 4.99. The summed E-state index contributed by atoms with van der Waals surface area (Å²) in [4.78, 5) is 11.9. The lowest BCUT2D eigenvalue weighted by atomic mass is 9.66. The van der Waals surface area contributed by atoms with Gasteiger partial charge in [-0.2, -0.15) is 0 Å². The molecule has 1 saturated carbocycles. The van der Waals surface area contributed by atoms with Crippen molar-refractivity contribution in [1.29, 1.82) is 0 Å². The van der Waals surface area contributed by atoms with E-state index in [-0.39, 0.29) is 17.9 Å². The second-order valence-electron chi connectivity index (χ2n) is 6.27. The van der Waals surface area contributed by atoms with Gasteiger partial charge >= 0.3 is 0 Å². The minimum Gasteiger partial charge on any atom is -0.354 e. The van der Waals surface area contributed by atoms with Gasteiger partial charge in [-0.15, -0.1) is 0 Å². The molecule has 0 aromatic rings. The molecule has 0 unspecified atom stereocenters. The Balaban J connectivity index is 2.41. The molecule has 0 radical (unpaired) electrons. The molecular formula is C12H25N3O3S. The zero-order valence-corrected chi connectivity index (χ0v) is 12.8. The van der Waals surface area contributed by atoms with Gasteiger partial charge in [0.05, 0.1) is 6.26 Å². The van der Waals surface area contributed by atoms with Crippen molar-refractivity contribution >= 4 is 15.9 Å². The summed E-state index contributed by atoms with van der Waals surface area (Å²) < 4.78 is 24.9. The molecule has 7 heteroatoms. The molecule has 0 spiro atoms. The first-order valence-electron chi connectivity index (χ1n) is 6.53. The van der Waals surface area contributed by atoms with Crippen LogP contribution in [0.1, 0.15) is 39.5 Å². The first kappa shape index (κ1) is 16.4. The summed E-state index contributed by atoms with van der Waals surface area (Å²) in [6.07, 6.45) is 4.67. The van der Waals surface area contributed by atoms with Crippen LogP contribution in [0.2, 0.25) is 0 Å². The van der Waals surface area contributed by atoms with Gasteiger partial charge in [-0.1, -0.05) is 6.42 Å². The van der Waals surface area contributed by atoms with E-state index in [9.17, 15) is 13.2 Å². The molecule has 6 nitrogen and oxygen atoms in total. The number of carbonyl (C=O) groups is 1. The first-order chi connectivity index (χ1) is 8.58. The highest BCUT2D eigenvalue weighted by atomic mass is 32.2. The van der Waals surface area contributed by atoms with Crippen molar-refractivity contribution in [1.82, 2.24) is 10.0 Å². The molecule has 0 atom stereocenters. The third kappa shape index (κ3) is 5.46. The Morgan fingerprint density at radius 1 is 1.37 bits per heavy atom. The van der Waals surface area contributed by atoms with Gasteiger partial charge in [0.1, 0.15) is 0 Å². The van der Waals surface area contributed by atoms with E-state index < -0.39 is 15.6 Å². The number of rotatable bonds is 7. The van der Waals surface area contributed by atoms with Gasteiger partial charge in [0.2, 0.25) is 15.9 Å². The number of hydrogen-bond acceptors (Lipinski definition) is 4. The molecule has 19 heavy (non-hydrogen) atoms. The second kappa shape index (κ2) is 5.76. The zero-order valence-electron chi connectivity index (χ0n) is 12.0. The van der Waals surface area contributed by atoms with Gasteiger partial charge in [-0.25, -0.2) is 13.1 Å². The molecule has 0 bridgehead atoms. The summed E-state index contributed by atoms with van der Waals surface area (Å²) in [5, 5.41) is 2.78. The van der Waals surface area contributed by atoms with Crippen molar-refractivity contribution < 1.29 is 13.2 Å². The molecule has 4 N–H and O–H groups in total. The maximum Gasteiger partial charge on any atom is 0.220 e. The van der Waals surface area contributed by atoms with Gasteiger partial charge in [0.25, 0.3) is 0 Å². The smallest absolute Gasteiger partial charge is 0.220 e. The Morgan fingerprint density at radius 3 is 2.32 bits per heavy atom. The van der Waals surface area contributed by atoms with Gasteiger partial charge in [-0.05, 0) is 38.6 Å². The van der Waals surface area contributed by atoms with Crippen LogP contribution in [-0.4, -0.2) is 39.2 Å². The van der Waals surface area contributed by atoms with Crippen LogP contribution in [0.3, 0.4) is 0 Å². The Hall–Kier alpha value is -0.660. The van der Waals surface area contributed by atoms with Crippen LogP contribution < -0.4 is 15.8 Å². The van der Waals surface area contributed by atoms with Crippen molar-refractivity contribution in [3.63, 3.8) is 0 Å². The lowest BCUT2D eigenvalue weighted by Crippen LogP contribution is -2.52. The van der Waals surface area contributed by atoms with Crippen molar-refractivity contribution in [3.05, 3.63) is 0 Å².